The molecule has 0 aromatic rings. The number of amides is 1. The molecule has 0 aliphatic heterocycles. The SMILES string of the molecule is CCCCCC(C)NC(=O)CC(N)CCC. The second kappa shape index (κ2) is 9.64. The van der Waals surface area contributed by atoms with E-state index in [0.717, 1.165) is 19.3 Å². The van der Waals surface area contributed by atoms with Crippen LogP contribution < -0.4 is 11.1 Å². The molecule has 0 saturated heterocycles. The molecule has 0 bridgehead atoms. The Morgan fingerprint density at radius 3 is 2.44 bits per heavy atom. The van der Waals surface area contributed by atoms with Crippen molar-refractivity contribution in [2.45, 2.75) is 77.8 Å². The van der Waals surface area contributed by atoms with Crippen LogP contribution in [-0.4, -0.2) is 18.0 Å². The lowest BCUT2D eigenvalue weighted by atomic mass is 10.1. The molecule has 96 valence electrons. The molecule has 0 aromatic heterocycles. The monoisotopic (exact) mass is 228 g/mol. The molecule has 0 aromatic carbocycles. The second-order valence-corrected chi connectivity index (χ2v) is 4.72. The summed E-state index contributed by atoms with van der Waals surface area (Å²) in [6, 6.07) is 0.306. The Kier molecular flexibility index (Phi) is 9.30. The van der Waals surface area contributed by atoms with Crippen LogP contribution in [0.2, 0.25) is 0 Å². The molecule has 1 amide bonds. The molecule has 2 atom stereocenters. The van der Waals surface area contributed by atoms with E-state index in [1.165, 1.54) is 19.3 Å². The molecule has 0 fully saturated rings. The van der Waals surface area contributed by atoms with E-state index in [-0.39, 0.29) is 18.0 Å². The number of hydrogen-bond donors (Lipinski definition) is 2. The van der Waals surface area contributed by atoms with Crippen molar-refractivity contribution in [3.8, 4) is 0 Å². The van der Waals surface area contributed by atoms with Crippen LogP contribution in [0.25, 0.3) is 0 Å². The summed E-state index contributed by atoms with van der Waals surface area (Å²) in [5.41, 5.74) is 5.82. The molecule has 0 saturated carbocycles. The quantitative estimate of drug-likeness (QED) is 0.596. The molecule has 2 unspecified atom stereocenters. The molecule has 16 heavy (non-hydrogen) atoms. The summed E-state index contributed by atoms with van der Waals surface area (Å²) in [6.45, 7) is 6.34. The van der Waals surface area contributed by atoms with Gasteiger partial charge in [-0.25, -0.2) is 0 Å². The first-order valence-corrected chi connectivity index (χ1v) is 6.65. The van der Waals surface area contributed by atoms with Gasteiger partial charge >= 0.3 is 0 Å². The number of rotatable bonds is 9. The summed E-state index contributed by atoms with van der Waals surface area (Å²) in [4.78, 5) is 11.6. The molecule has 0 radical (unpaired) electrons. The van der Waals surface area contributed by atoms with Crippen LogP contribution in [0, 0.1) is 0 Å². The summed E-state index contributed by atoms with van der Waals surface area (Å²) in [5.74, 6) is 0.102. The maximum atomic E-state index is 11.6. The fourth-order valence-corrected chi connectivity index (χ4v) is 1.82. The third kappa shape index (κ3) is 8.72. The van der Waals surface area contributed by atoms with E-state index in [4.69, 9.17) is 5.73 Å². The third-order valence-electron chi connectivity index (χ3n) is 2.76. The maximum Gasteiger partial charge on any atom is 0.221 e. The Balaban J connectivity index is 3.61. The van der Waals surface area contributed by atoms with E-state index >= 15 is 0 Å². The minimum atomic E-state index is 0.0211. The van der Waals surface area contributed by atoms with Gasteiger partial charge in [0.2, 0.25) is 5.91 Å². The standard InChI is InChI=1S/C13H28N2O/c1-4-6-7-9-11(3)15-13(16)10-12(14)8-5-2/h11-12H,4-10,14H2,1-3H3,(H,15,16). The van der Waals surface area contributed by atoms with Gasteiger partial charge in [0.05, 0.1) is 0 Å². The van der Waals surface area contributed by atoms with Crippen molar-refractivity contribution in [3.05, 3.63) is 0 Å². The molecule has 0 aliphatic rings. The van der Waals surface area contributed by atoms with Crippen LogP contribution in [0.3, 0.4) is 0 Å². The van der Waals surface area contributed by atoms with Crippen LogP contribution in [-0.2, 0) is 4.79 Å². The fourth-order valence-electron chi connectivity index (χ4n) is 1.82. The number of carbonyl (C=O) groups excluding carboxylic acids is 1. The van der Waals surface area contributed by atoms with Gasteiger partial charge in [-0.05, 0) is 19.8 Å². The highest BCUT2D eigenvalue weighted by Gasteiger charge is 2.10. The van der Waals surface area contributed by atoms with Crippen molar-refractivity contribution in [1.82, 2.24) is 5.32 Å². The zero-order valence-electron chi connectivity index (χ0n) is 11.1. The normalized spacial score (nSPS) is 14.5. The molecular formula is C13H28N2O. The first-order valence-electron chi connectivity index (χ1n) is 6.65. The molecule has 3 N–H and O–H groups in total. The predicted octanol–water partition coefficient (Wildman–Crippen LogP) is 2.59. The van der Waals surface area contributed by atoms with Crippen LogP contribution >= 0.6 is 0 Å². The highest BCUT2D eigenvalue weighted by Crippen LogP contribution is 2.04. The van der Waals surface area contributed by atoms with Crippen LogP contribution in [0.4, 0.5) is 0 Å². The van der Waals surface area contributed by atoms with Gasteiger partial charge in [0.15, 0.2) is 0 Å². The summed E-state index contributed by atoms with van der Waals surface area (Å²) < 4.78 is 0. The Bertz CT molecular complexity index is 183. The molecular weight excluding hydrogens is 200 g/mol. The number of unbranched alkanes of at least 4 members (excludes halogenated alkanes) is 2. The fraction of sp³-hybridized carbons (Fsp3) is 0.923. The Labute approximate surface area is 100 Å². The average molecular weight is 228 g/mol. The molecule has 0 aliphatic carbocycles. The molecule has 0 heterocycles. The van der Waals surface area contributed by atoms with Crippen LogP contribution in [0.1, 0.15) is 65.7 Å². The van der Waals surface area contributed by atoms with Gasteiger partial charge in [-0.3, -0.25) is 4.79 Å². The van der Waals surface area contributed by atoms with Crippen molar-refractivity contribution >= 4 is 5.91 Å². The number of nitrogens with one attached hydrogen (secondary N) is 1. The lowest BCUT2D eigenvalue weighted by Gasteiger charge is -2.15. The summed E-state index contributed by atoms with van der Waals surface area (Å²) >= 11 is 0. The first kappa shape index (κ1) is 15.4. The van der Waals surface area contributed by atoms with Gasteiger partial charge in [0.25, 0.3) is 0 Å². The van der Waals surface area contributed by atoms with Gasteiger partial charge in [-0.15, -0.1) is 0 Å². The maximum absolute atomic E-state index is 11.6. The van der Waals surface area contributed by atoms with E-state index in [0.29, 0.717) is 6.42 Å². The number of nitrogens with two attached hydrogens (primary N) is 1. The summed E-state index contributed by atoms with van der Waals surface area (Å²) in [5, 5.41) is 3.01. The van der Waals surface area contributed by atoms with E-state index in [9.17, 15) is 4.79 Å². The smallest absolute Gasteiger partial charge is 0.221 e. The third-order valence-corrected chi connectivity index (χ3v) is 2.76. The number of hydrogen-bond acceptors (Lipinski definition) is 2. The van der Waals surface area contributed by atoms with Crippen LogP contribution in [0.15, 0.2) is 0 Å². The summed E-state index contributed by atoms with van der Waals surface area (Å²) in [7, 11) is 0. The van der Waals surface area contributed by atoms with Crippen molar-refractivity contribution in [2.75, 3.05) is 0 Å². The average Bonchev–Trinajstić information content (AvgIpc) is 2.17. The molecule has 3 nitrogen and oxygen atoms in total. The first-order chi connectivity index (χ1) is 7.60. The van der Waals surface area contributed by atoms with Gasteiger partial charge in [0, 0.05) is 18.5 Å². The largest absolute Gasteiger partial charge is 0.354 e. The van der Waals surface area contributed by atoms with E-state index in [1.54, 1.807) is 0 Å². The lowest BCUT2D eigenvalue weighted by Crippen LogP contribution is -2.36. The Hall–Kier alpha value is -0.570. The van der Waals surface area contributed by atoms with E-state index in [1.807, 2.05) is 0 Å². The molecule has 3 heteroatoms. The Morgan fingerprint density at radius 1 is 1.19 bits per heavy atom. The zero-order chi connectivity index (χ0) is 12.4. The van der Waals surface area contributed by atoms with Crippen molar-refractivity contribution in [3.63, 3.8) is 0 Å². The van der Waals surface area contributed by atoms with E-state index in [2.05, 4.69) is 26.1 Å². The van der Waals surface area contributed by atoms with E-state index < -0.39 is 0 Å². The minimum absolute atomic E-state index is 0.0211. The van der Waals surface area contributed by atoms with Crippen LogP contribution in [0.5, 0.6) is 0 Å². The molecule has 0 rings (SSSR count). The highest BCUT2D eigenvalue weighted by molar-refractivity contribution is 5.76. The highest BCUT2D eigenvalue weighted by atomic mass is 16.1. The number of carbonyl (C=O) groups is 1. The van der Waals surface area contributed by atoms with Gasteiger partial charge in [-0.1, -0.05) is 39.5 Å². The predicted molar refractivity (Wildman–Crippen MR) is 69.2 cm³/mol. The van der Waals surface area contributed by atoms with Gasteiger partial charge in [0.1, 0.15) is 0 Å². The minimum Gasteiger partial charge on any atom is -0.354 e. The van der Waals surface area contributed by atoms with Crippen molar-refractivity contribution in [1.29, 1.82) is 0 Å². The van der Waals surface area contributed by atoms with Gasteiger partial charge < -0.3 is 11.1 Å². The summed E-state index contributed by atoms with van der Waals surface area (Å²) in [6.07, 6.45) is 7.17. The van der Waals surface area contributed by atoms with Crippen molar-refractivity contribution in [2.24, 2.45) is 5.73 Å². The topological polar surface area (TPSA) is 55.1 Å². The Morgan fingerprint density at radius 2 is 1.88 bits per heavy atom. The van der Waals surface area contributed by atoms with Gasteiger partial charge in [-0.2, -0.15) is 0 Å². The molecule has 0 spiro atoms. The lowest BCUT2D eigenvalue weighted by molar-refractivity contribution is -0.122. The second-order valence-electron chi connectivity index (χ2n) is 4.72. The zero-order valence-corrected chi connectivity index (χ0v) is 11.1. The van der Waals surface area contributed by atoms with Crippen molar-refractivity contribution < 1.29 is 4.79 Å².